The largest absolute Gasteiger partial charge is 0.472 e. The van der Waals surface area contributed by atoms with E-state index in [-0.39, 0.29) is 19.2 Å². The van der Waals surface area contributed by atoms with E-state index >= 15 is 0 Å². The van der Waals surface area contributed by atoms with Gasteiger partial charge in [-0.2, -0.15) is 0 Å². The van der Waals surface area contributed by atoms with Gasteiger partial charge in [-0.15, -0.1) is 0 Å². The first-order valence-electron chi connectivity index (χ1n) is 13.5. The lowest BCUT2D eigenvalue weighted by atomic mass is 10.1. The summed E-state index contributed by atoms with van der Waals surface area (Å²) in [6.07, 6.45) is 19.2. The molecule has 0 aliphatic heterocycles. The monoisotopic (exact) mass is 522 g/mol. The molecule has 0 rings (SSSR count). The summed E-state index contributed by atoms with van der Waals surface area (Å²) in [4.78, 5) is 21.4. The molecule has 2 N–H and O–H groups in total. The van der Waals surface area contributed by atoms with Crippen LogP contribution in [0.25, 0.3) is 0 Å². The van der Waals surface area contributed by atoms with Crippen LogP contribution in [-0.4, -0.2) is 74.1 Å². The predicted molar refractivity (Wildman–Crippen MR) is 141 cm³/mol. The molecule has 2 unspecified atom stereocenters. The fraction of sp³-hybridized carbons (Fsp3) is 0.885. The zero-order chi connectivity index (χ0) is 26.4. The summed E-state index contributed by atoms with van der Waals surface area (Å²) < 4.78 is 27.0. The van der Waals surface area contributed by atoms with Crippen LogP contribution in [0.1, 0.15) is 96.8 Å². The highest BCUT2D eigenvalue weighted by Gasteiger charge is 2.24. The Balaban J connectivity index is 3.59. The minimum absolute atomic E-state index is 0.0539. The van der Waals surface area contributed by atoms with E-state index in [4.69, 9.17) is 13.8 Å². The minimum atomic E-state index is -4.24. The number of aliphatic hydroxyl groups is 1. The number of aliphatic hydroxyl groups excluding tert-OH is 1. The Morgan fingerprint density at radius 3 is 1.97 bits per heavy atom. The van der Waals surface area contributed by atoms with Crippen LogP contribution in [0.15, 0.2) is 12.2 Å². The quantitative estimate of drug-likeness (QED) is 0.0546. The summed E-state index contributed by atoms with van der Waals surface area (Å²) in [5, 5.41) is 9.82. The van der Waals surface area contributed by atoms with Crippen LogP contribution in [-0.2, 0) is 23.1 Å². The molecule has 0 aromatic carbocycles. The summed E-state index contributed by atoms with van der Waals surface area (Å²) in [7, 11) is 1.56. The Hall–Kier alpha value is -0.760. The highest BCUT2D eigenvalue weighted by molar-refractivity contribution is 7.47. The van der Waals surface area contributed by atoms with Crippen LogP contribution in [0.5, 0.6) is 0 Å². The SMILES string of the molecule is CCCCCCCC/C=C/CCCCCCCC(=O)OCC(O)COP(=O)(O)OCC[N+](C)(C)C. The molecule has 0 spiro atoms. The lowest BCUT2D eigenvalue weighted by molar-refractivity contribution is -0.870. The van der Waals surface area contributed by atoms with Gasteiger partial charge in [0.25, 0.3) is 0 Å². The summed E-state index contributed by atoms with van der Waals surface area (Å²) >= 11 is 0. The highest BCUT2D eigenvalue weighted by atomic mass is 31.2. The zero-order valence-corrected chi connectivity index (χ0v) is 23.7. The van der Waals surface area contributed by atoms with Crippen molar-refractivity contribution in [1.82, 2.24) is 0 Å². The van der Waals surface area contributed by atoms with Crippen molar-refractivity contribution in [3.05, 3.63) is 12.2 Å². The molecule has 8 nitrogen and oxygen atoms in total. The lowest BCUT2D eigenvalue weighted by Gasteiger charge is -2.24. The molecule has 0 radical (unpaired) electrons. The summed E-state index contributed by atoms with van der Waals surface area (Å²) in [5.41, 5.74) is 0. The van der Waals surface area contributed by atoms with Crippen molar-refractivity contribution in [2.45, 2.75) is 103 Å². The molecule has 0 saturated heterocycles. The summed E-state index contributed by atoms with van der Waals surface area (Å²) in [6, 6.07) is 0. The Morgan fingerprint density at radius 1 is 0.857 bits per heavy atom. The second-order valence-electron chi connectivity index (χ2n) is 10.3. The van der Waals surface area contributed by atoms with Crippen LogP contribution in [0.2, 0.25) is 0 Å². The van der Waals surface area contributed by atoms with Crippen molar-refractivity contribution in [2.24, 2.45) is 0 Å². The Morgan fingerprint density at radius 2 is 1.40 bits per heavy atom. The van der Waals surface area contributed by atoms with Gasteiger partial charge in [0, 0.05) is 6.42 Å². The van der Waals surface area contributed by atoms with Crippen molar-refractivity contribution in [2.75, 3.05) is 47.5 Å². The van der Waals surface area contributed by atoms with Gasteiger partial charge in [-0.05, 0) is 32.1 Å². The van der Waals surface area contributed by atoms with Crippen LogP contribution in [0.3, 0.4) is 0 Å². The third kappa shape index (κ3) is 26.1. The normalized spacial score (nSPS) is 14.8. The number of allylic oxidation sites excluding steroid dienone is 2. The number of carbonyl (C=O) groups excluding carboxylic acids is 1. The average molecular weight is 523 g/mol. The van der Waals surface area contributed by atoms with Gasteiger partial charge in [0.05, 0.1) is 27.7 Å². The molecule has 0 aromatic rings. The standard InChI is InChI=1S/C26H52NO7P/c1-5-6-7-8-9-10-11-12-13-14-15-16-17-18-19-20-26(29)32-23-25(28)24-34-35(30,31)33-22-21-27(2,3)4/h12-13,25,28H,5-11,14-24H2,1-4H3/p+1/b13-12+. The summed E-state index contributed by atoms with van der Waals surface area (Å²) in [5.74, 6) is -0.381. The van der Waals surface area contributed by atoms with E-state index in [0.29, 0.717) is 17.4 Å². The third-order valence-electron chi connectivity index (χ3n) is 5.53. The summed E-state index contributed by atoms with van der Waals surface area (Å²) in [6.45, 7) is 2.11. The highest BCUT2D eigenvalue weighted by Crippen LogP contribution is 2.43. The van der Waals surface area contributed by atoms with E-state index in [1.54, 1.807) is 0 Å². The number of carbonyl (C=O) groups is 1. The average Bonchev–Trinajstić information content (AvgIpc) is 2.78. The molecule has 0 aliphatic carbocycles. The number of phosphoric acid groups is 1. The fourth-order valence-corrected chi connectivity index (χ4v) is 4.04. The van der Waals surface area contributed by atoms with Crippen molar-refractivity contribution in [3.63, 3.8) is 0 Å². The van der Waals surface area contributed by atoms with Crippen LogP contribution >= 0.6 is 7.82 Å². The van der Waals surface area contributed by atoms with Gasteiger partial charge >= 0.3 is 13.8 Å². The maximum Gasteiger partial charge on any atom is 0.472 e. The fourth-order valence-electron chi connectivity index (χ4n) is 3.30. The van der Waals surface area contributed by atoms with Gasteiger partial charge in [-0.25, -0.2) is 4.57 Å². The number of esters is 1. The number of nitrogens with zero attached hydrogens (tertiary/aromatic N) is 1. The van der Waals surface area contributed by atoms with Gasteiger partial charge in [0.2, 0.25) is 0 Å². The molecule has 0 aromatic heterocycles. The molecule has 208 valence electrons. The van der Waals surface area contributed by atoms with Crippen LogP contribution in [0, 0.1) is 0 Å². The second-order valence-corrected chi connectivity index (χ2v) is 11.7. The molecule has 0 saturated carbocycles. The number of quaternary nitrogens is 1. The number of phosphoric ester groups is 1. The van der Waals surface area contributed by atoms with E-state index in [1.807, 2.05) is 21.1 Å². The molecular weight excluding hydrogens is 469 g/mol. The van der Waals surface area contributed by atoms with Gasteiger partial charge < -0.3 is 19.2 Å². The van der Waals surface area contributed by atoms with E-state index in [0.717, 1.165) is 32.1 Å². The van der Waals surface area contributed by atoms with E-state index in [2.05, 4.69) is 19.1 Å². The maximum absolute atomic E-state index is 11.8. The number of hydrogen-bond donors (Lipinski definition) is 2. The Labute approximate surface area is 214 Å². The number of unbranched alkanes of at least 4 members (excludes halogenated alkanes) is 11. The van der Waals surface area contributed by atoms with Crippen molar-refractivity contribution >= 4 is 13.8 Å². The first-order valence-corrected chi connectivity index (χ1v) is 15.0. The van der Waals surface area contributed by atoms with Crippen molar-refractivity contribution in [3.8, 4) is 0 Å². The molecule has 0 heterocycles. The molecular formula is C26H53NO7P+. The first-order chi connectivity index (χ1) is 16.6. The molecule has 2 atom stereocenters. The topological polar surface area (TPSA) is 102 Å². The molecule has 0 aliphatic rings. The number of rotatable bonds is 24. The smallest absolute Gasteiger partial charge is 0.463 e. The second kappa shape index (κ2) is 21.3. The molecule has 0 amide bonds. The van der Waals surface area contributed by atoms with Crippen LogP contribution < -0.4 is 0 Å². The third-order valence-corrected chi connectivity index (χ3v) is 6.51. The maximum atomic E-state index is 11.8. The predicted octanol–water partition coefficient (Wildman–Crippen LogP) is 5.77. The molecule has 0 bridgehead atoms. The lowest BCUT2D eigenvalue weighted by Crippen LogP contribution is -2.37. The number of ether oxygens (including phenoxy) is 1. The van der Waals surface area contributed by atoms with Gasteiger partial charge in [0.15, 0.2) is 0 Å². The Kier molecular flexibility index (Phi) is 20.9. The molecule has 9 heteroatoms. The van der Waals surface area contributed by atoms with Crippen molar-refractivity contribution in [1.29, 1.82) is 0 Å². The van der Waals surface area contributed by atoms with Crippen LogP contribution in [0.4, 0.5) is 0 Å². The van der Waals surface area contributed by atoms with Gasteiger partial charge in [-0.1, -0.05) is 70.4 Å². The number of likely N-dealkylation sites (N-methyl/N-ethyl adjacent to an activating group) is 1. The van der Waals surface area contributed by atoms with E-state index < -0.39 is 20.5 Å². The first kappa shape index (κ1) is 34.2. The zero-order valence-electron chi connectivity index (χ0n) is 22.8. The van der Waals surface area contributed by atoms with Crippen molar-refractivity contribution < 1.29 is 37.6 Å². The van der Waals surface area contributed by atoms with E-state index in [9.17, 15) is 19.4 Å². The van der Waals surface area contributed by atoms with Gasteiger partial charge in [-0.3, -0.25) is 13.8 Å². The molecule has 0 fully saturated rings. The Bertz CT molecular complexity index is 593. The van der Waals surface area contributed by atoms with E-state index in [1.165, 1.54) is 51.4 Å². The molecule has 35 heavy (non-hydrogen) atoms. The number of hydrogen-bond acceptors (Lipinski definition) is 6. The van der Waals surface area contributed by atoms with Gasteiger partial charge in [0.1, 0.15) is 25.9 Å². The minimum Gasteiger partial charge on any atom is -0.463 e.